The van der Waals surface area contributed by atoms with E-state index in [1.807, 2.05) is 24.3 Å². The third kappa shape index (κ3) is 7.40. The van der Waals surface area contributed by atoms with Gasteiger partial charge in [-0.15, -0.1) is 0 Å². The first-order chi connectivity index (χ1) is 14.3. The van der Waals surface area contributed by atoms with Crippen LogP contribution in [0.4, 0.5) is 4.39 Å². The summed E-state index contributed by atoms with van der Waals surface area (Å²) in [5.74, 6) is 0.0667. The van der Waals surface area contributed by atoms with Gasteiger partial charge in [-0.1, -0.05) is 12.1 Å². The van der Waals surface area contributed by atoms with Crippen LogP contribution < -0.4 is 10.1 Å². The van der Waals surface area contributed by atoms with Crippen molar-refractivity contribution in [3.8, 4) is 5.75 Å². The average Bonchev–Trinajstić information content (AvgIpc) is 2.73. The van der Waals surface area contributed by atoms with Crippen LogP contribution in [0.5, 0.6) is 5.75 Å². The van der Waals surface area contributed by atoms with Gasteiger partial charge in [-0.05, 0) is 48.4 Å². The van der Waals surface area contributed by atoms with Gasteiger partial charge in [-0.2, -0.15) is 0 Å². The SMILES string of the molecule is COCCOc1ccc(CNC(=O)CCCN(C)S(=O)(=O)c2ccc(F)cc2)cc1. The Hall–Kier alpha value is -2.49. The number of ether oxygens (including phenoxy) is 2. The highest BCUT2D eigenvalue weighted by Crippen LogP contribution is 2.15. The summed E-state index contributed by atoms with van der Waals surface area (Å²) in [6, 6.07) is 12.0. The zero-order chi connectivity index (χ0) is 22.0. The van der Waals surface area contributed by atoms with Crippen molar-refractivity contribution >= 4 is 15.9 Å². The third-order valence-electron chi connectivity index (χ3n) is 4.37. The summed E-state index contributed by atoms with van der Waals surface area (Å²) in [6.45, 7) is 1.54. The fraction of sp³-hybridized carbons (Fsp3) is 0.381. The van der Waals surface area contributed by atoms with Crippen molar-refractivity contribution in [1.82, 2.24) is 9.62 Å². The Kier molecular flexibility index (Phi) is 9.22. The number of sulfonamides is 1. The standard InChI is InChI=1S/C21H27FN2O5S/c1-24(30(26,27)20-11-7-18(22)8-12-20)13-3-4-21(25)23-16-17-5-9-19(10-6-17)29-15-14-28-2/h5-12H,3-4,13-16H2,1-2H3,(H,23,25). The maximum atomic E-state index is 13.0. The molecule has 0 saturated heterocycles. The lowest BCUT2D eigenvalue weighted by Gasteiger charge is -2.17. The number of methoxy groups -OCH3 is 1. The molecular formula is C21H27FN2O5S. The van der Waals surface area contributed by atoms with E-state index in [1.54, 1.807) is 7.11 Å². The zero-order valence-corrected chi connectivity index (χ0v) is 18.0. The lowest BCUT2D eigenvalue weighted by molar-refractivity contribution is -0.121. The Morgan fingerprint density at radius 2 is 1.73 bits per heavy atom. The van der Waals surface area contributed by atoms with Crippen molar-refractivity contribution in [3.63, 3.8) is 0 Å². The molecule has 0 aliphatic carbocycles. The summed E-state index contributed by atoms with van der Waals surface area (Å²) in [4.78, 5) is 12.1. The largest absolute Gasteiger partial charge is 0.491 e. The average molecular weight is 439 g/mol. The van der Waals surface area contributed by atoms with Gasteiger partial charge < -0.3 is 14.8 Å². The maximum Gasteiger partial charge on any atom is 0.242 e. The second kappa shape index (κ2) is 11.6. The number of benzene rings is 2. The molecule has 0 spiro atoms. The van der Waals surface area contributed by atoms with E-state index in [0.717, 1.165) is 27.8 Å². The molecule has 0 heterocycles. The highest BCUT2D eigenvalue weighted by atomic mass is 32.2. The molecule has 0 saturated carbocycles. The summed E-state index contributed by atoms with van der Waals surface area (Å²) in [5, 5.41) is 2.81. The Balaban J connectivity index is 1.72. The second-order valence-electron chi connectivity index (χ2n) is 6.65. The normalized spacial score (nSPS) is 11.5. The van der Waals surface area contributed by atoms with Crippen LogP contribution in [-0.2, 0) is 26.1 Å². The van der Waals surface area contributed by atoms with Gasteiger partial charge in [-0.25, -0.2) is 17.1 Å². The highest BCUT2D eigenvalue weighted by molar-refractivity contribution is 7.89. The number of nitrogens with zero attached hydrogens (tertiary/aromatic N) is 1. The molecule has 0 bridgehead atoms. The van der Waals surface area contributed by atoms with Crippen LogP contribution in [0.2, 0.25) is 0 Å². The van der Waals surface area contributed by atoms with Crippen LogP contribution in [0, 0.1) is 5.82 Å². The van der Waals surface area contributed by atoms with E-state index in [4.69, 9.17) is 9.47 Å². The van der Waals surface area contributed by atoms with Gasteiger partial charge in [0.25, 0.3) is 0 Å². The molecule has 0 aliphatic rings. The smallest absolute Gasteiger partial charge is 0.242 e. The Bertz CT molecular complexity index is 902. The van der Waals surface area contributed by atoms with E-state index in [2.05, 4.69) is 5.32 Å². The van der Waals surface area contributed by atoms with Gasteiger partial charge in [0.2, 0.25) is 15.9 Å². The van der Waals surface area contributed by atoms with Crippen molar-refractivity contribution in [1.29, 1.82) is 0 Å². The highest BCUT2D eigenvalue weighted by Gasteiger charge is 2.20. The number of halogens is 1. The maximum absolute atomic E-state index is 13.0. The van der Waals surface area contributed by atoms with E-state index >= 15 is 0 Å². The molecule has 2 aromatic carbocycles. The summed E-state index contributed by atoms with van der Waals surface area (Å²) in [7, 11) is -0.660. The van der Waals surface area contributed by atoms with Crippen LogP contribution >= 0.6 is 0 Å². The number of amides is 1. The minimum atomic E-state index is -3.71. The summed E-state index contributed by atoms with van der Waals surface area (Å²) < 4.78 is 49.4. The predicted molar refractivity (Wildman–Crippen MR) is 111 cm³/mol. The molecular weight excluding hydrogens is 411 g/mol. The minimum Gasteiger partial charge on any atom is -0.491 e. The van der Waals surface area contributed by atoms with Crippen molar-refractivity contribution in [2.45, 2.75) is 24.3 Å². The van der Waals surface area contributed by atoms with Gasteiger partial charge in [0.05, 0.1) is 11.5 Å². The summed E-state index contributed by atoms with van der Waals surface area (Å²) >= 11 is 0. The molecule has 2 aromatic rings. The molecule has 1 N–H and O–H groups in total. The first kappa shape index (κ1) is 23.8. The van der Waals surface area contributed by atoms with Crippen molar-refractivity contribution in [3.05, 3.63) is 59.9 Å². The van der Waals surface area contributed by atoms with Crippen molar-refractivity contribution < 1.29 is 27.1 Å². The van der Waals surface area contributed by atoms with Crippen LogP contribution in [-0.4, -0.2) is 52.5 Å². The summed E-state index contributed by atoms with van der Waals surface area (Å²) in [6.07, 6.45) is 0.566. The van der Waals surface area contributed by atoms with E-state index in [9.17, 15) is 17.6 Å². The number of carbonyl (C=O) groups is 1. The lowest BCUT2D eigenvalue weighted by atomic mass is 10.2. The van der Waals surface area contributed by atoms with Crippen LogP contribution in [0.15, 0.2) is 53.4 Å². The lowest BCUT2D eigenvalue weighted by Crippen LogP contribution is -2.29. The van der Waals surface area contributed by atoms with E-state index in [0.29, 0.717) is 26.2 Å². The quantitative estimate of drug-likeness (QED) is 0.515. The zero-order valence-electron chi connectivity index (χ0n) is 17.1. The predicted octanol–water partition coefficient (Wildman–Crippen LogP) is 2.57. The fourth-order valence-electron chi connectivity index (χ4n) is 2.60. The number of carbonyl (C=O) groups excluding carboxylic acids is 1. The molecule has 0 aromatic heterocycles. The minimum absolute atomic E-state index is 0.0190. The van der Waals surface area contributed by atoms with Gasteiger partial charge >= 0.3 is 0 Å². The van der Waals surface area contributed by atoms with Crippen molar-refractivity contribution in [2.24, 2.45) is 0 Å². The van der Waals surface area contributed by atoms with Crippen LogP contribution in [0.3, 0.4) is 0 Å². The topological polar surface area (TPSA) is 84.9 Å². The monoisotopic (exact) mass is 438 g/mol. The van der Waals surface area contributed by atoms with Crippen LogP contribution in [0.25, 0.3) is 0 Å². The molecule has 0 aliphatic heterocycles. The molecule has 1 amide bonds. The molecule has 2 rings (SSSR count). The molecule has 0 unspecified atom stereocenters. The first-order valence-corrected chi connectivity index (χ1v) is 11.0. The second-order valence-corrected chi connectivity index (χ2v) is 8.69. The van der Waals surface area contributed by atoms with Gasteiger partial charge in [0.1, 0.15) is 18.2 Å². The van der Waals surface area contributed by atoms with Gasteiger partial charge in [0.15, 0.2) is 0 Å². The number of rotatable bonds is 12. The number of hydrogen-bond acceptors (Lipinski definition) is 5. The van der Waals surface area contributed by atoms with E-state index in [1.165, 1.54) is 19.2 Å². The summed E-state index contributed by atoms with van der Waals surface area (Å²) in [5.41, 5.74) is 0.929. The number of hydrogen-bond donors (Lipinski definition) is 1. The third-order valence-corrected chi connectivity index (χ3v) is 6.24. The number of nitrogens with one attached hydrogen (secondary N) is 1. The van der Waals surface area contributed by atoms with Crippen molar-refractivity contribution in [2.75, 3.05) is 33.9 Å². The molecule has 0 radical (unpaired) electrons. The van der Waals surface area contributed by atoms with E-state index in [-0.39, 0.29) is 23.8 Å². The molecule has 9 heteroatoms. The fourth-order valence-corrected chi connectivity index (χ4v) is 3.81. The van der Waals surface area contributed by atoms with Gasteiger partial charge in [0, 0.05) is 33.7 Å². The van der Waals surface area contributed by atoms with E-state index < -0.39 is 15.8 Å². The first-order valence-electron chi connectivity index (χ1n) is 9.52. The molecule has 0 fully saturated rings. The Labute approximate surface area is 176 Å². The van der Waals surface area contributed by atoms with Crippen LogP contribution in [0.1, 0.15) is 18.4 Å². The Morgan fingerprint density at radius 1 is 1.07 bits per heavy atom. The van der Waals surface area contributed by atoms with Gasteiger partial charge in [-0.3, -0.25) is 4.79 Å². The molecule has 0 atom stereocenters. The molecule has 7 nitrogen and oxygen atoms in total. The Morgan fingerprint density at radius 3 is 2.37 bits per heavy atom. The molecule has 164 valence electrons. The molecule has 30 heavy (non-hydrogen) atoms.